The van der Waals surface area contributed by atoms with Crippen LogP contribution in [0.15, 0.2) is 18.2 Å². The molecule has 3 heteroatoms. The Balaban J connectivity index is 2.99. The molecular weight excluding hydrogens is 224 g/mol. The van der Waals surface area contributed by atoms with Gasteiger partial charge in [-0.2, -0.15) is 0 Å². The van der Waals surface area contributed by atoms with Crippen molar-refractivity contribution in [3.63, 3.8) is 0 Å². The molecule has 0 heterocycles. The summed E-state index contributed by atoms with van der Waals surface area (Å²) in [6.45, 7) is 3.82. The molecule has 0 fully saturated rings. The molecule has 0 aliphatic heterocycles. The van der Waals surface area contributed by atoms with E-state index in [-0.39, 0.29) is 5.92 Å². The zero-order valence-electron chi connectivity index (χ0n) is 9.62. The molecule has 1 N–H and O–H groups in total. The maximum absolute atomic E-state index is 9.57. The molecule has 86 valence electrons. The summed E-state index contributed by atoms with van der Waals surface area (Å²) >= 11 is 5.87. The van der Waals surface area contributed by atoms with Crippen molar-refractivity contribution in [2.24, 2.45) is 5.92 Å². The van der Waals surface area contributed by atoms with Gasteiger partial charge in [0.2, 0.25) is 0 Å². The van der Waals surface area contributed by atoms with Crippen LogP contribution in [0, 0.1) is 17.8 Å². The number of hydrogen-bond donors (Lipinski definition) is 1. The van der Waals surface area contributed by atoms with E-state index < -0.39 is 6.10 Å². The van der Waals surface area contributed by atoms with Gasteiger partial charge in [0.15, 0.2) is 0 Å². The topological polar surface area (TPSA) is 29.5 Å². The fourth-order valence-electron chi connectivity index (χ4n) is 1.10. The first-order valence-electron chi connectivity index (χ1n) is 5.07. The molecule has 0 amide bonds. The second-order valence-electron chi connectivity index (χ2n) is 3.80. The van der Waals surface area contributed by atoms with E-state index in [1.54, 1.807) is 25.3 Å². The third kappa shape index (κ3) is 3.44. The van der Waals surface area contributed by atoms with E-state index in [4.69, 9.17) is 16.3 Å². The lowest BCUT2D eigenvalue weighted by Crippen LogP contribution is -2.11. The van der Waals surface area contributed by atoms with Crippen molar-refractivity contribution in [1.29, 1.82) is 0 Å². The average Bonchev–Trinajstić information content (AvgIpc) is 2.25. The highest BCUT2D eigenvalue weighted by molar-refractivity contribution is 6.30. The van der Waals surface area contributed by atoms with E-state index in [0.717, 1.165) is 0 Å². The second kappa shape index (κ2) is 5.79. The molecule has 1 atom stereocenters. The van der Waals surface area contributed by atoms with Crippen molar-refractivity contribution in [3.8, 4) is 17.6 Å². The monoisotopic (exact) mass is 238 g/mol. The fourth-order valence-corrected chi connectivity index (χ4v) is 1.27. The highest BCUT2D eigenvalue weighted by Gasteiger charge is 2.05. The molecule has 0 saturated carbocycles. The van der Waals surface area contributed by atoms with Gasteiger partial charge in [0.1, 0.15) is 11.9 Å². The van der Waals surface area contributed by atoms with Crippen molar-refractivity contribution < 1.29 is 9.84 Å². The third-order valence-electron chi connectivity index (χ3n) is 2.15. The molecule has 0 aliphatic carbocycles. The van der Waals surface area contributed by atoms with Crippen molar-refractivity contribution in [3.05, 3.63) is 28.8 Å². The van der Waals surface area contributed by atoms with Gasteiger partial charge in [-0.3, -0.25) is 0 Å². The number of methoxy groups -OCH3 is 1. The first-order chi connectivity index (χ1) is 7.54. The summed E-state index contributed by atoms with van der Waals surface area (Å²) < 4.78 is 5.15. The Bertz CT molecular complexity index is 416. The summed E-state index contributed by atoms with van der Waals surface area (Å²) in [4.78, 5) is 0. The van der Waals surface area contributed by atoms with Crippen LogP contribution < -0.4 is 4.74 Å². The zero-order chi connectivity index (χ0) is 12.1. The van der Waals surface area contributed by atoms with E-state index in [1.807, 2.05) is 13.8 Å². The van der Waals surface area contributed by atoms with Crippen molar-refractivity contribution in [2.45, 2.75) is 20.0 Å². The maximum Gasteiger partial charge on any atom is 0.134 e. The van der Waals surface area contributed by atoms with Crippen LogP contribution in [0.4, 0.5) is 0 Å². The number of hydrogen-bond acceptors (Lipinski definition) is 2. The molecule has 1 rings (SSSR count). The summed E-state index contributed by atoms with van der Waals surface area (Å²) in [5, 5.41) is 10.2. The largest absolute Gasteiger partial charge is 0.495 e. The Labute approximate surface area is 101 Å². The summed E-state index contributed by atoms with van der Waals surface area (Å²) in [5.74, 6) is 6.41. The highest BCUT2D eigenvalue weighted by atomic mass is 35.5. The van der Waals surface area contributed by atoms with Crippen molar-refractivity contribution >= 4 is 11.6 Å². The molecule has 2 nitrogen and oxygen atoms in total. The van der Waals surface area contributed by atoms with Crippen LogP contribution in [0.2, 0.25) is 5.02 Å². The Morgan fingerprint density at radius 3 is 2.62 bits per heavy atom. The van der Waals surface area contributed by atoms with Gasteiger partial charge in [-0.25, -0.2) is 0 Å². The van der Waals surface area contributed by atoms with E-state index in [2.05, 4.69) is 11.8 Å². The Hall–Kier alpha value is -1.17. The quantitative estimate of drug-likeness (QED) is 0.803. The van der Waals surface area contributed by atoms with E-state index in [9.17, 15) is 5.11 Å². The predicted octanol–water partition coefficient (Wildman–Crippen LogP) is 2.72. The maximum atomic E-state index is 9.57. The molecule has 0 aromatic heterocycles. The van der Waals surface area contributed by atoms with Crippen LogP contribution in [-0.2, 0) is 0 Å². The first kappa shape index (κ1) is 12.9. The third-order valence-corrected chi connectivity index (χ3v) is 2.38. The van der Waals surface area contributed by atoms with Gasteiger partial charge in [0, 0.05) is 5.02 Å². The lowest BCUT2D eigenvalue weighted by molar-refractivity contribution is 0.181. The smallest absolute Gasteiger partial charge is 0.134 e. The highest BCUT2D eigenvalue weighted by Crippen LogP contribution is 2.21. The molecule has 0 aliphatic rings. The summed E-state index contributed by atoms with van der Waals surface area (Å²) in [6.07, 6.45) is -0.635. The number of rotatable bonds is 2. The van der Waals surface area contributed by atoms with Crippen molar-refractivity contribution in [1.82, 2.24) is 0 Å². The number of ether oxygens (including phenoxy) is 1. The summed E-state index contributed by atoms with van der Waals surface area (Å²) in [7, 11) is 1.58. The van der Waals surface area contributed by atoms with Crippen LogP contribution in [-0.4, -0.2) is 18.3 Å². The Kier molecular flexibility index (Phi) is 4.67. The predicted molar refractivity (Wildman–Crippen MR) is 65.7 cm³/mol. The van der Waals surface area contributed by atoms with Gasteiger partial charge in [-0.05, 0) is 24.1 Å². The SMILES string of the molecule is COc1ccc(Cl)cc1C#CC(O)C(C)C. The van der Waals surface area contributed by atoms with Gasteiger partial charge in [0.25, 0.3) is 0 Å². The molecule has 0 spiro atoms. The van der Waals surface area contributed by atoms with Gasteiger partial charge in [0.05, 0.1) is 12.7 Å². The van der Waals surface area contributed by atoms with Gasteiger partial charge in [-0.15, -0.1) is 0 Å². The van der Waals surface area contributed by atoms with Crippen LogP contribution in [0.3, 0.4) is 0 Å². The number of aliphatic hydroxyl groups excluding tert-OH is 1. The number of aliphatic hydroxyl groups is 1. The number of benzene rings is 1. The molecule has 0 bridgehead atoms. The molecular formula is C13H15ClO2. The van der Waals surface area contributed by atoms with Gasteiger partial charge >= 0.3 is 0 Å². The molecule has 16 heavy (non-hydrogen) atoms. The normalized spacial score (nSPS) is 11.9. The van der Waals surface area contributed by atoms with E-state index >= 15 is 0 Å². The molecule has 0 saturated heterocycles. The lowest BCUT2D eigenvalue weighted by Gasteiger charge is -2.06. The minimum Gasteiger partial charge on any atom is -0.495 e. The average molecular weight is 239 g/mol. The van der Waals surface area contributed by atoms with Gasteiger partial charge < -0.3 is 9.84 Å². The minimum atomic E-state index is -0.635. The Morgan fingerprint density at radius 2 is 2.06 bits per heavy atom. The van der Waals surface area contributed by atoms with Crippen LogP contribution >= 0.6 is 11.6 Å². The fraction of sp³-hybridized carbons (Fsp3) is 0.385. The van der Waals surface area contributed by atoms with Crippen molar-refractivity contribution in [2.75, 3.05) is 7.11 Å². The zero-order valence-corrected chi connectivity index (χ0v) is 10.4. The molecule has 1 aromatic rings. The van der Waals surface area contributed by atoms with Crippen LogP contribution in [0.5, 0.6) is 5.75 Å². The molecule has 0 radical (unpaired) electrons. The molecule has 1 unspecified atom stereocenters. The van der Waals surface area contributed by atoms with Gasteiger partial charge in [-0.1, -0.05) is 37.3 Å². The minimum absolute atomic E-state index is 0.109. The summed E-state index contributed by atoms with van der Waals surface area (Å²) in [5.41, 5.74) is 0.690. The Morgan fingerprint density at radius 1 is 1.38 bits per heavy atom. The van der Waals surface area contributed by atoms with E-state index in [0.29, 0.717) is 16.3 Å². The number of halogens is 1. The lowest BCUT2D eigenvalue weighted by atomic mass is 10.1. The van der Waals surface area contributed by atoms with E-state index in [1.165, 1.54) is 0 Å². The summed E-state index contributed by atoms with van der Waals surface area (Å²) in [6, 6.07) is 5.22. The first-order valence-corrected chi connectivity index (χ1v) is 5.45. The van der Waals surface area contributed by atoms with Crippen LogP contribution in [0.25, 0.3) is 0 Å². The van der Waals surface area contributed by atoms with Crippen LogP contribution in [0.1, 0.15) is 19.4 Å². The standard InChI is InChI=1S/C13H15ClO2/c1-9(2)12(15)6-4-10-8-11(14)5-7-13(10)16-3/h5,7-9,12,15H,1-3H3. The molecule has 1 aromatic carbocycles. The second-order valence-corrected chi connectivity index (χ2v) is 4.24.